The molecule has 0 radical (unpaired) electrons. The third-order valence-electron chi connectivity index (χ3n) is 5.86. The molecule has 1 aromatic carbocycles. The minimum atomic E-state index is -0.145. The van der Waals surface area contributed by atoms with Gasteiger partial charge in [-0.15, -0.1) is 0 Å². The van der Waals surface area contributed by atoms with Crippen molar-refractivity contribution in [3.63, 3.8) is 0 Å². The Balaban J connectivity index is 1.58. The standard InChI is InChI=1S/C22H28N4O/c1-15-6-8-17(9-7-15)16(2)22(27)26-12-4-3-5-20(26)21-24-14-18-13-23-11-10-19(18)25-21/h6-9,14,16,20,23H,3-5,10-13H2,1-2H3/t16-,20-/m1/s1. The highest BCUT2D eigenvalue weighted by Gasteiger charge is 2.33. The van der Waals surface area contributed by atoms with Crippen LogP contribution in [-0.4, -0.2) is 33.9 Å². The lowest BCUT2D eigenvalue weighted by Crippen LogP contribution is -2.41. The fourth-order valence-electron chi connectivity index (χ4n) is 4.12. The number of piperidine rings is 1. The number of carbonyl (C=O) groups excluding carboxylic acids is 1. The molecule has 3 heterocycles. The molecule has 5 nitrogen and oxygen atoms in total. The lowest BCUT2D eigenvalue weighted by Gasteiger charge is -2.36. The Hall–Kier alpha value is -2.27. The van der Waals surface area contributed by atoms with E-state index in [1.165, 1.54) is 11.1 Å². The van der Waals surface area contributed by atoms with Crippen LogP contribution in [0.5, 0.6) is 0 Å². The van der Waals surface area contributed by atoms with E-state index in [9.17, 15) is 4.79 Å². The molecule has 0 bridgehead atoms. The Bertz CT molecular complexity index is 818. The largest absolute Gasteiger partial charge is 0.332 e. The first kappa shape index (κ1) is 18.1. The van der Waals surface area contributed by atoms with Crippen molar-refractivity contribution in [1.82, 2.24) is 20.2 Å². The number of carbonyl (C=O) groups is 1. The van der Waals surface area contributed by atoms with Gasteiger partial charge in [-0.3, -0.25) is 4.79 Å². The van der Waals surface area contributed by atoms with Crippen LogP contribution in [0.3, 0.4) is 0 Å². The number of hydrogen-bond acceptors (Lipinski definition) is 4. The first-order valence-corrected chi connectivity index (χ1v) is 10.1. The molecule has 0 aliphatic carbocycles. The van der Waals surface area contributed by atoms with Gasteiger partial charge in [0.05, 0.1) is 12.0 Å². The first-order valence-electron chi connectivity index (χ1n) is 10.1. The third-order valence-corrected chi connectivity index (χ3v) is 5.86. The summed E-state index contributed by atoms with van der Waals surface area (Å²) < 4.78 is 0. The van der Waals surface area contributed by atoms with E-state index >= 15 is 0 Å². The zero-order valence-corrected chi connectivity index (χ0v) is 16.2. The van der Waals surface area contributed by atoms with Crippen molar-refractivity contribution in [3.8, 4) is 0 Å². The highest BCUT2D eigenvalue weighted by molar-refractivity contribution is 5.83. The summed E-state index contributed by atoms with van der Waals surface area (Å²) >= 11 is 0. The molecule has 2 aliphatic rings. The van der Waals surface area contributed by atoms with Gasteiger partial charge >= 0.3 is 0 Å². The van der Waals surface area contributed by atoms with E-state index in [0.717, 1.165) is 62.4 Å². The van der Waals surface area contributed by atoms with E-state index in [-0.39, 0.29) is 17.9 Å². The van der Waals surface area contributed by atoms with Crippen LogP contribution in [0.15, 0.2) is 30.5 Å². The summed E-state index contributed by atoms with van der Waals surface area (Å²) in [6.45, 7) is 6.67. The number of hydrogen-bond donors (Lipinski definition) is 1. The highest BCUT2D eigenvalue weighted by Crippen LogP contribution is 2.32. The molecule has 0 spiro atoms. The number of nitrogens with one attached hydrogen (secondary N) is 1. The van der Waals surface area contributed by atoms with Gasteiger partial charge in [-0.25, -0.2) is 9.97 Å². The molecule has 1 saturated heterocycles. The van der Waals surface area contributed by atoms with Gasteiger partial charge in [0.2, 0.25) is 5.91 Å². The van der Waals surface area contributed by atoms with Gasteiger partial charge in [-0.2, -0.15) is 0 Å². The molecule has 2 atom stereocenters. The van der Waals surface area contributed by atoms with E-state index in [0.29, 0.717) is 0 Å². The summed E-state index contributed by atoms with van der Waals surface area (Å²) in [5.41, 5.74) is 4.62. The Morgan fingerprint density at radius 3 is 2.89 bits per heavy atom. The number of nitrogens with zero attached hydrogens (tertiary/aromatic N) is 3. The number of likely N-dealkylation sites (tertiary alicyclic amines) is 1. The summed E-state index contributed by atoms with van der Waals surface area (Å²) in [6, 6.07) is 8.29. The fraction of sp³-hybridized carbons (Fsp3) is 0.500. The molecule has 1 amide bonds. The Kier molecular flexibility index (Phi) is 5.21. The lowest BCUT2D eigenvalue weighted by atomic mass is 9.94. The molecule has 1 aromatic heterocycles. The van der Waals surface area contributed by atoms with E-state index in [4.69, 9.17) is 4.98 Å². The first-order chi connectivity index (χ1) is 13.1. The zero-order chi connectivity index (χ0) is 18.8. The average molecular weight is 364 g/mol. The number of fused-ring (bicyclic) bond motifs is 1. The van der Waals surface area contributed by atoms with E-state index in [1.54, 1.807) is 0 Å². The Morgan fingerprint density at radius 1 is 1.26 bits per heavy atom. The van der Waals surface area contributed by atoms with Crippen LogP contribution in [0.2, 0.25) is 0 Å². The normalized spacial score (nSPS) is 20.8. The van der Waals surface area contributed by atoms with Gasteiger partial charge in [0.25, 0.3) is 0 Å². The molecule has 2 aromatic rings. The van der Waals surface area contributed by atoms with E-state index < -0.39 is 0 Å². The Morgan fingerprint density at radius 2 is 2.07 bits per heavy atom. The van der Waals surface area contributed by atoms with Gasteiger partial charge in [0, 0.05) is 43.5 Å². The van der Waals surface area contributed by atoms with Crippen molar-refractivity contribution in [2.24, 2.45) is 0 Å². The predicted octanol–water partition coefficient (Wildman–Crippen LogP) is 3.29. The second kappa shape index (κ2) is 7.77. The maximum atomic E-state index is 13.3. The molecule has 0 unspecified atom stereocenters. The second-order valence-corrected chi connectivity index (χ2v) is 7.80. The summed E-state index contributed by atoms with van der Waals surface area (Å²) in [4.78, 5) is 24.9. The molecule has 2 aliphatic heterocycles. The Labute approximate surface area is 161 Å². The number of rotatable bonds is 3. The average Bonchev–Trinajstić information content (AvgIpc) is 2.73. The molecule has 1 N–H and O–H groups in total. The molecule has 1 fully saturated rings. The minimum absolute atomic E-state index is 0.000617. The lowest BCUT2D eigenvalue weighted by molar-refractivity contribution is -0.136. The van der Waals surface area contributed by atoms with Crippen molar-refractivity contribution in [1.29, 1.82) is 0 Å². The van der Waals surface area contributed by atoms with Crippen molar-refractivity contribution in [2.75, 3.05) is 13.1 Å². The summed E-state index contributed by atoms with van der Waals surface area (Å²) in [5, 5.41) is 3.36. The summed E-state index contributed by atoms with van der Waals surface area (Å²) in [6.07, 6.45) is 6.01. The fourth-order valence-corrected chi connectivity index (χ4v) is 4.12. The van der Waals surface area contributed by atoms with Crippen LogP contribution in [0, 0.1) is 6.92 Å². The highest BCUT2D eigenvalue weighted by atomic mass is 16.2. The number of aromatic nitrogens is 2. The molecular weight excluding hydrogens is 336 g/mol. The maximum Gasteiger partial charge on any atom is 0.230 e. The molecule has 142 valence electrons. The van der Waals surface area contributed by atoms with Gasteiger partial charge < -0.3 is 10.2 Å². The van der Waals surface area contributed by atoms with Crippen molar-refractivity contribution < 1.29 is 4.79 Å². The van der Waals surface area contributed by atoms with Gasteiger partial charge in [-0.1, -0.05) is 29.8 Å². The van der Waals surface area contributed by atoms with Crippen LogP contribution in [-0.2, 0) is 17.8 Å². The topological polar surface area (TPSA) is 58.1 Å². The van der Waals surface area contributed by atoms with Gasteiger partial charge in [-0.05, 0) is 38.7 Å². The molecule has 0 saturated carbocycles. The van der Waals surface area contributed by atoms with Crippen LogP contribution >= 0.6 is 0 Å². The van der Waals surface area contributed by atoms with Crippen LogP contribution in [0.1, 0.15) is 66.4 Å². The SMILES string of the molecule is Cc1ccc([C@@H](C)C(=O)N2CCCC[C@@H]2c2ncc3c(n2)CCNC3)cc1. The zero-order valence-electron chi connectivity index (χ0n) is 16.2. The molecule has 27 heavy (non-hydrogen) atoms. The number of amides is 1. The van der Waals surface area contributed by atoms with Crippen molar-refractivity contribution in [3.05, 3.63) is 58.7 Å². The third kappa shape index (κ3) is 3.74. The second-order valence-electron chi connectivity index (χ2n) is 7.80. The maximum absolute atomic E-state index is 13.3. The molecule has 5 heteroatoms. The van der Waals surface area contributed by atoms with Crippen LogP contribution in [0.25, 0.3) is 0 Å². The molecular formula is C22H28N4O. The smallest absolute Gasteiger partial charge is 0.230 e. The predicted molar refractivity (Wildman–Crippen MR) is 105 cm³/mol. The number of benzene rings is 1. The monoisotopic (exact) mass is 364 g/mol. The summed E-state index contributed by atoms with van der Waals surface area (Å²) in [7, 11) is 0. The van der Waals surface area contributed by atoms with Crippen molar-refractivity contribution >= 4 is 5.91 Å². The summed E-state index contributed by atoms with van der Waals surface area (Å²) in [5.74, 6) is 0.861. The van der Waals surface area contributed by atoms with Crippen LogP contribution < -0.4 is 5.32 Å². The van der Waals surface area contributed by atoms with E-state index in [2.05, 4.69) is 41.5 Å². The van der Waals surface area contributed by atoms with Gasteiger partial charge in [0.1, 0.15) is 0 Å². The quantitative estimate of drug-likeness (QED) is 0.908. The number of aryl methyl sites for hydroxylation is 1. The van der Waals surface area contributed by atoms with Crippen LogP contribution in [0.4, 0.5) is 0 Å². The van der Waals surface area contributed by atoms with Gasteiger partial charge in [0.15, 0.2) is 5.82 Å². The van der Waals surface area contributed by atoms with Crippen molar-refractivity contribution in [2.45, 2.75) is 58.0 Å². The molecule has 4 rings (SSSR count). The van der Waals surface area contributed by atoms with E-state index in [1.807, 2.05) is 18.0 Å². The minimum Gasteiger partial charge on any atom is -0.332 e.